The molecule has 4 nitrogen and oxygen atoms in total. The number of fused-ring (bicyclic) bond motifs is 1. The van der Waals surface area contributed by atoms with Crippen molar-refractivity contribution in [2.75, 3.05) is 18.9 Å². The fraction of sp³-hybridized carbons (Fsp3) is 0.500. The molecule has 0 atom stereocenters. The molecule has 0 aliphatic carbocycles. The first-order chi connectivity index (χ1) is 9.65. The largest absolute Gasteiger partial charge is 0.385 e. The second-order valence-electron chi connectivity index (χ2n) is 5.27. The van der Waals surface area contributed by atoms with Crippen LogP contribution in [0.15, 0.2) is 18.2 Å². The monoisotopic (exact) mass is 274 g/mol. The molecule has 0 radical (unpaired) electrons. The van der Waals surface area contributed by atoms with Gasteiger partial charge in [0.05, 0.1) is 11.1 Å². The number of unbranched alkanes of at least 4 members (excludes halogenated alkanes) is 4. The quantitative estimate of drug-likeness (QED) is 0.613. The smallest absolute Gasteiger partial charge is 0.261 e. The van der Waals surface area contributed by atoms with Gasteiger partial charge >= 0.3 is 0 Å². The Morgan fingerprint density at radius 1 is 1.00 bits per heavy atom. The molecule has 0 unspecified atom stereocenters. The van der Waals surface area contributed by atoms with Gasteiger partial charge in [0.1, 0.15) is 0 Å². The van der Waals surface area contributed by atoms with E-state index >= 15 is 0 Å². The van der Waals surface area contributed by atoms with Crippen molar-refractivity contribution in [2.45, 2.75) is 39.0 Å². The molecule has 1 aliphatic rings. The number of benzene rings is 1. The van der Waals surface area contributed by atoms with Crippen LogP contribution in [-0.2, 0) is 0 Å². The lowest BCUT2D eigenvalue weighted by Crippen LogP contribution is -2.24. The number of carbonyl (C=O) groups is 2. The van der Waals surface area contributed by atoms with Gasteiger partial charge in [-0.2, -0.15) is 0 Å². The zero-order chi connectivity index (χ0) is 14.5. The summed E-state index contributed by atoms with van der Waals surface area (Å²) in [6.07, 6.45) is 6.18. The Bertz CT molecular complexity index is 511. The van der Waals surface area contributed by atoms with Crippen molar-refractivity contribution in [1.29, 1.82) is 0 Å². The minimum atomic E-state index is -0.212. The predicted molar refractivity (Wildman–Crippen MR) is 80.1 cm³/mol. The predicted octanol–water partition coefficient (Wildman–Crippen LogP) is 3.29. The number of amides is 2. The van der Waals surface area contributed by atoms with Crippen LogP contribution in [-0.4, -0.2) is 30.3 Å². The summed E-state index contributed by atoms with van der Waals surface area (Å²) < 4.78 is 0. The summed E-state index contributed by atoms with van der Waals surface area (Å²) in [5.74, 6) is -0.423. The summed E-state index contributed by atoms with van der Waals surface area (Å²) >= 11 is 0. The van der Waals surface area contributed by atoms with Gasteiger partial charge in [-0.25, -0.2) is 0 Å². The number of hydrogen-bond donors (Lipinski definition) is 1. The van der Waals surface area contributed by atoms with E-state index < -0.39 is 0 Å². The van der Waals surface area contributed by atoms with Gasteiger partial charge in [-0.15, -0.1) is 0 Å². The molecule has 0 bridgehead atoms. The SMILES string of the molecule is CCCCCCCNc1ccc2c(c1)C(=O)N(C)C2=O. The first kappa shape index (κ1) is 14.6. The van der Waals surface area contributed by atoms with Crippen LogP contribution in [0.4, 0.5) is 5.69 Å². The van der Waals surface area contributed by atoms with E-state index in [0.29, 0.717) is 11.1 Å². The summed E-state index contributed by atoms with van der Waals surface area (Å²) in [7, 11) is 1.52. The van der Waals surface area contributed by atoms with E-state index in [1.54, 1.807) is 12.1 Å². The van der Waals surface area contributed by atoms with Gasteiger partial charge in [-0.1, -0.05) is 32.6 Å². The van der Waals surface area contributed by atoms with Gasteiger partial charge in [0.15, 0.2) is 0 Å². The fourth-order valence-electron chi connectivity index (χ4n) is 2.43. The third-order valence-corrected chi connectivity index (χ3v) is 3.70. The Kier molecular flexibility index (Phi) is 4.77. The van der Waals surface area contributed by atoms with Crippen molar-refractivity contribution in [3.05, 3.63) is 29.3 Å². The van der Waals surface area contributed by atoms with Gasteiger partial charge in [-0.05, 0) is 24.6 Å². The molecule has 1 aromatic rings. The molecule has 2 rings (SSSR count). The van der Waals surface area contributed by atoms with Crippen LogP contribution in [0.2, 0.25) is 0 Å². The van der Waals surface area contributed by atoms with Gasteiger partial charge in [0.2, 0.25) is 0 Å². The highest BCUT2D eigenvalue weighted by Gasteiger charge is 2.32. The number of hydrogen-bond acceptors (Lipinski definition) is 3. The molecule has 1 aromatic carbocycles. The Balaban J connectivity index is 1.89. The average molecular weight is 274 g/mol. The van der Waals surface area contributed by atoms with Crippen LogP contribution in [0, 0.1) is 0 Å². The molecule has 0 spiro atoms. The van der Waals surface area contributed by atoms with E-state index in [2.05, 4.69) is 12.2 Å². The Morgan fingerprint density at radius 2 is 1.70 bits per heavy atom. The maximum atomic E-state index is 11.9. The molecule has 1 aliphatic heterocycles. The maximum absolute atomic E-state index is 11.9. The Hall–Kier alpha value is -1.84. The molecule has 4 heteroatoms. The second-order valence-corrected chi connectivity index (χ2v) is 5.27. The van der Waals surface area contributed by atoms with Crippen LogP contribution in [0.3, 0.4) is 0 Å². The van der Waals surface area contributed by atoms with E-state index in [1.807, 2.05) is 6.07 Å². The van der Waals surface area contributed by atoms with Crippen LogP contribution in [0.5, 0.6) is 0 Å². The topological polar surface area (TPSA) is 49.4 Å². The summed E-state index contributed by atoms with van der Waals surface area (Å²) in [4.78, 5) is 24.8. The van der Waals surface area contributed by atoms with Gasteiger partial charge in [0.25, 0.3) is 11.8 Å². The zero-order valence-corrected chi connectivity index (χ0v) is 12.2. The molecule has 108 valence electrons. The molecule has 2 amide bonds. The first-order valence-corrected chi connectivity index (χ1v) is 7.35. The molecule has 0 saturated carbocycles. The van der Waals surface area contributed by atoms with E-state index in [1.165, 1.54) is 37.6 Å². The van der Waals surface area contributed by atoms with Gasteiger partial charge in [0, 0.05) is 19.3 Å². The van der Waals surface area contributed by atoms with Crippen LogP contribution >= 0.6 is 0 Å². The molecular weight excluding hydrogens is 252 g/mol. The first-order valence-electron chi connectivity index (χ1n) is 7.35. The summed E-state index contributed by atoms with van der Waals surface area (Å²) in [6, 6.07) is 5.39. The summed E-state index contributed by atoms with van der Waals surface area (Å²) in [5, 5.41) is 3.32. The number of anilines is 1. The number of imide groups is 1. The molecule has 0 fully saturated rings. The highest BCUT2D eigenvalue weighted by molar-refractivity contribution is 6.21. The number of carbonyl (C=O) groups excluding carboxylic acids is 2. The standard InChI is InChI=1S/C16H22N2O2/c1-3-4-5-6-7-10-17-12-8-9-13-14(11-12)16(20)18(2)15(13)19/h8-9,11,17H,3-7,10H2,1-2H3. The third kappa shape index (κ3) is 3.00. The van der Waals surface area contributed by atoms with Crippen molar-refractivity contribution in [3.63, 3.8) is 0 Å². The number of rotatable bonds is 7. The van der Waals surface area contributed by atoms with E-state index in [0.717, 1.165) is 18.7 Å². The minimum absolute atomic E-state index is 0.211. The minimum Gasteiger partial charge on any atom is -0.385 e. The van der Waals surface area contributed by atoms with Gasteiger partial charge < -0.3 is 5.32 Å². The molecule has 1 N–H and O–H groups in total. The number of nitrogens with zero attached hydrogens (tertiary/aromatic N) is 1. The van der Waals surface area contributed by atoms with E-state index in [4.69, 9.17) is 0 Å². The van der Waals surface area contributed by atoms with Crippen molar-refractivity contribution in [2.24, 2.45) is 0 Å². The lowest BCUT2D eigenvalue weighted by molar-refractivity contribution is 0.0693. The molecule has 0 saturated heterocycles. The van der Waals surface area contributed by atoms with Gasteiger partial charge in [-0.3, -0.25) is 14.5 Å². The molecule has 1 heterocycles. The fourth-order valence-corrected chi connectivity index (χ4v) is 2.43. The summed E-state index contributed by atoms with van der Waals surface area (Å²) in [6.45, 7) is 3.11. The van der Waals surface area contributed by atoms with Crippen molar-refractivity contribution in [1.82, 2.24) is 4.90 Å². The van der Waals surface area contributed by atoms with Crippen LogP contribution in [0.25, 0.3) is 0 Å². The zero-order valence-electron chi connectivity index (χ0n) is 12.2. The Labute approximate surface area is 120 Å². The van der Waals surface area contributed by atoms with Crippen molar-refractivity contribution in [3.8, 4) is 0 Å². The third-order valence-electron chi connectivity index (χ3n) is 3.70. The maximum Gasteiger partial charge on any atom is 0.261 e. The molecular formula is C16H22N2O2. The van der Waals surface area contributed by atoms with Crippen LogP contribution < -0.4 is 5.32 Å². The lowest BCUT2D eigenvalue weighted by atomic mass is 10.1. The van der Waals surface area contributed by atoms with E-state index in [-0.39, 0.29) is 11.8 Å². The lowest BCUT2D eigenvalue weighted by Gasteiger charge is -2.07. The van der Waals surface area contributed by atoms with Crippen molar-refractivity contribution >= 4 is 17.5 Å². The summed E-state index contributed by atoms with van der Waals surface area (Å²) in [5.41, 5.74) is 1.93. The molecule has 0 aromatic heterocycles. The Morgan fingerprint density at radius 3 is 2.45 bits per heavy atom. The van der Waals surface area contributed by atoms with Crippen LogP contribution in [0.1, 0.15) is 59.7 Å². The highest BCUT2D eigenvalue weighted by atomic mass is 16.2. The number of nitrogens with one attached hydrogen (secondary N) is 1. The normalized spacial score (nSPS) is 13.8. The van der Waals surface area contributed by atoms with E-state index in [9.17, 15) is 9.59 Å². The molecule has 20 heavy (non-hydrogen) atoms. The van der Waals surface area contributed by atoms with Crippen molar-refractivity contribution < 1.29 is 9.59 Å². The highest BCUT2D eigenvalue weighted by Crippen LogP contribution is 2.24. The second kappa shape index (κ2) is 6.55. The average Bonchev–Trinajstić information content (AvgIpc) is 2.67.